The van der Waals surface area contributed by atoms with Gasteiger partial charge in [0.05, 0.1) is 32.7 Å². The number of nitrogens with zero attached hydrogens (tertiary/aromatic N) is 2. The molecule has 0 N–H and O–H groups in total. The fourth-order valence-electron chi connectivity index (χ4n) is 11.9. The molecule has 2 heterocycles. The number of piperidine rings is 2. The molecule has 0 spiro atoms. The van der Waals surface area contributed by atoms with E-state index in [4.69, 9.17) is 28.4 Å². The molecule has 0 saturated carbocycles. The highest BCUT2D eigenvalue weighted by Crippen LogP contribution is 2.27. The molecular formula is C74H120N2O12S2. The number of unbranched alkanes of at least 4 members (excludes halogenated alkanes) is 20. The Morgan fingerprint density at radius 1 is 0.400 bits per heavy atom. The first-order valence-electron chi connectivity index (χ1n) is 36.0. The highest BCUT2D eigenvalue weighted by atomic mass is 33.1. The summed E-state index contributed by atoms with van der Waals surface area (Å²) in [7, 11) is 3.94. The van der Waals surface area contributed by atoms with Crippen molar-refractivity contribution in [2.24, 2.45) is 11.8 Å². The van der Waals surface area contributed by atoms with Crippen LogP contribution in [0.1, 0.15) is 269 Å². The van der Waals surface area contributed by atoms with Crippen LogP contribution in [0.5, 0.6) is 11.5 Å². The van der Waals surface area contributed by atoms with Gasteiger partial charge in [0.15, 0.2) is 0 Å². The lowest BCUT2D eigenvalue weighted by Gasteiger charge is -2.32. The largest absolute Gasteiger partial charge is 0.466 e. The molecule has 510 valence electrons. The molecule has 0 aliphatic carbocycles. The van der Waals surface area contributed by atoms with E-state index in [1.165, 1.54) is 96.3 Å². The van der Waals surface area contributed by atoms with E-state index in [9.17, 15) is 28.8 Å². The van der Waals surface area contributed by atoms with Gasteiger partial charge in [0.2, 0.25) is 0 Å². The van der Waals surface area contributed by atoms with Crippen molar-refractivity contribution in [3.63, 3.8) is 0 Å². The summed E-state index contributed by atoms with van der Waals surface area (Å²) in [5, 5.41) is 0. The zero-order valence-electron chi connectivity index (χ0n) is 56.3. The zero-order chi connectivity index (χ0) is 64.3. The number of ether oxygens (including phenoxy) is 6. The summed E-state index contributed by atoms with van der Waals surface area (Å²) in [4.78, 5) is 80.1. The van der Waals surface area contributed by atoms with E-state index < -0.39 is 5.97 Å². The maximum absolute atomic E-state index is 12.8. The van der Waals surface area contributed by atoms with Crippen molar-refractivity contribution < 1.29 is 57.2 Å². The number of hydrogen-bond donors (Lipinski definition) is 0. The molecule has 90 heavy (non-hydrogen) atoms. The molecule has 2 aliphatic rings. The minimum absolute atomic E-state index is 0.0548. The molecule has 16 heteroatoms. The third-order valence-corrected chi connectivity index (χ3v) is 20.0. The number of likely N-dealkylation sites (tertiary alicyclic amines) is 2. The summed E-state index contributed by atoms with van der Waals surface area (Å²) in [5.41, 5.74) is 1.63. The number of hydrogen-bond acceptors (Lipinski definition) is 16. The molecular weight excluding hydrogens is 1170 g/mol. The Kier molecular flexibility index (Phi) is 45.5. The molecule has 0 radical (unpaired) electrons. The van der Waals surface area contributed by atoms with Crippen LogP contribution in [0.2, 0.25) is 0 Å². The van der Waals surface area contributed by atoms with Crippen LogP contribution in [0, 0.1) is 11.8 Å². The lowest BCUT2D eigenvalue weighted by atomic mass is 9.94. The molecule has 0 unspecified atom stereocenters. The second-order valence-electron chi connectivity index (χ2n) is 25.5. The highest BCUT2D eigenvalue weighted by molar-refractivity contribution is 8.76. The summed E-state index contributed by atoms with van der Waals surface area (Å²) in [5.74, 6) is 2.77. The summed E-state index contributed by atoms with van der Waals surface area (Å²) in [6.07, 6.45) is 37.7. The monoisotopic (exact) mass is 1290 g/mol. The Morgan fingerprint density at radius 2 is 0.756 bits per heavy atom. The molecule has 0 bridgehead atoms. The van der Waals surface area contributed by atoms with E-state index in [0.717, 1.165) is 171 Å². The Labute approximate surface area is 552 Å². The van der Waals surface area contributed by atoms with Crippen molar-refractivity contribution in [2.45, 2.75) is 277 Å². The van der Waals surface area contributed by atoms with Gasteiger partial charge in [0.25, 0.3) is 0 Å². The number of benzene rings is 2. The lowest BCUT2D eigenvalue weighted by molar-refractivity contribution is -0.150. The molecule has 14 nitrogen and oxygen atoms in total. The number of esters is 6. The van der Waals surface area contributed by atoms with Crippen LogP contribution in [0.15, 0.2) is 48.5 Å². The van der Waals surface area contributed by atoms with Crippen LogP contribution in [0.3, 0.4) is 0 Å². The standard InChI is InChI=1S/C74H120N2O12S2/c1-4-7-10-13-16-22-27-55-83-69(77)33-28-34-72(80)88-68-41-37-65(38-42-68)61-74(82)85-57-48-63-45-51-76(52-46-63)54-59-90-89-58-53-75-49-43-62(44-50-75)47-56-84-73(81)60-64-35-39-67(40-36-64)87-71(79)32-26-21-17-20-25-31-70(78)86-66(29-23-18-14-11-8-5-2)30-24-19-15-12-9-6-3/h35-42,62-63,66H,4-34,43-61H2,1-3H3. The summed E-state index contributed by atoms with van der Waals surface area (Å²) < 4.78 is 33.6. The first-order valence-corrected chi connectivity index (χ1v) is 38.4. The van der Waals surface area contributed by atoms with Gasteiger partial charge in [0, 0.05) is 50.3 Å². The van der Waals surface area contributed by atoms with Gasteiger partial charge >= 0.3 is 35.8 Å². The Balaban J connectivity index is 0.910. The van der Waals surface area contributed by atoms with Gasteiger partial charge in [-0.15, -0.1) is 0 Å². The van der Waals surface area contributed by atoms with E-state index in [1.807, 2.05) is 33.7 Å². The summed E-state index contributed by atoms with van der Waals surface area (Å²) in [6.45, 7) is 14.5. The lowest BCUT2D eigenvalue weighted by Crippen LogP contribution is -2.36. The fourth-order valence-corrected chi connectivity index (χ4v) is 13.9. The van der Waals surface area contributed by atoms with Crippen LogP contribution in [0.4, 0.5) is 0 Å². The third kappa shape index (κ3) is 40.8. The summed E-state index contributed by atoms with van der Waals surface area (Å²) >= 11 is 0. The number of rotatable bonds is 54. The van der Waals surface area contributed by atoms with Gasteiger partial charge in [-0.1, -0.05) is 189 Å². The molecule has 2 aliphatic heterocycles. The maximum atomic E-state index is 12.8. The van der Waals surface area contributed by atoms with Gasteiger partial charge in [-0.25, -0.2) is 0 Å². The molecule has 2 fully saturated rings. The average Bonchev–Trinajstić information content (AvgIpc) is 3.03. The molecule has 2 aromatic carbocycles. The van der Waals surface area contributed by atoms with Crippen molar-refractivity contribution >= 4 is 57.4 Å². The minimum Gasteiger partial charge on any atom is -0.466 e. The maximum Gasteiger partial charge on any atom is 0.311 e. The Bertz CT molecular complexity index is 2170. The third-order valence-electron chi connectivity index (χ3n) is 17.7. The topological polar surface area (TPSA) is 164 Å². The van der Waals surface area contributed by atoms with Gasteiger partial charge < -0.3 is 38.2 Å². The minimum atomic E-state index is -0.401. The average molecular weight is 1290 g/mol. The quantitative estimate of drug-likeness (QED) is 0.0202. The molecule has 0 aromatic heterocycles. The zero-order valence-corrected chi connectivity index (χ0v) is 57.9. The molecule has 4 rings (SSSR count). The van der Waals surface area contributed by atoms with Crippen molar-refractivity contribution in [2.75, 3.05) is 70.6 Å². The molecule has 2 saturated heterocycles. The molecule has 0 atom stereocenters. The first kappa shape index (κ1) is 78.3. The smallest absolute Gasteiger partial charge is 0.311 e. The van der Waals surface area contributed by atoms with E-state index in [2.05, 4.69) is 30.6 Å². The Morgan fingerprint density at radius 3 is 1.19 bits per heavy atom. The highest BCUT2D eigenvalue weighted by Gasteiger charge is 2.22. The Hall–Kier alpha value is -4.12. The predicted octanol–water partition coefficient (Wildman–Crippen LogP) is 17.6. The van der Waals surface area contributed by atoms with Crippen LogP contribution in [-0.2, 0) is 60.6 Å². The fraction of sp³-hybridized carbons (Fsp3) is 0.757. The van der Waals surface area contributed by atoms with E-state index >= 15 is 0 Å². The molecule has 0 amide bonds. The second-order valence-corrected chi connectivity index (χ2v) is 28.2. The van der Waals surface area contributed by atoms with E-state index in [-0.39, 0.29) is 61.6 Å². The first-order chi connectivity index (χ1) is 44.0. The van der Waals surface area contributed by atoms with Crippen LogP contribution < -0.4 is 9.47 Å². The van der Waals surface area contributed by atoms with Crippen molar-refractivity contribution in [3.8, 4) is 11.5 Å². The number of carbonyl (C=O) groups excluding carboxylic acids is 6. The predicted molar refractivity (Wildman–Crippen MR) is 367 cm³/mol. The van der Waals surface area contributed by atoms with Crippen molar-refractivity contribution in [1.29, 1.82) is 0 Å². The van der Waals surface area contributed by atoms with Crippen LogP contribution >= 0.6 is 21.6 Å². The van der Waals surface area contributed by atoms with Gasteiger partial charge in [-0.2, -0.15) is 0 Å². The summed E-state index contributed by atoms with van der Waals surface area (Å²) in [6, 6.07) is 14.1. The molecule has 2 aromatic rings. The normalized spacial score (nSPS) is 14.2. The van der Waals surface area contributed by atoms with Crippen LogP contribution in [0.25, 0.3) is 0 Å². The van der Waals surface area contributed by atoms with E-state index in [0.29, 0.717) is 62.4 Å². The van der Waals surface area contributed by atoms with Gasteiger partial charge in [0.1, 0.15) is 17.6 Å². The van der Waals surface area contributed by atoms with E-state index in [1.54, 1.807) is 36.4 Å². The van der Waals surface area contributed by atoms with Crippen molar-refractivity contribution in [3.05, 3.63) is 59.7 Å². The van der Waals surface area contributed by atoms with Gasteiger partial charge in [-0.05, 0) is 163 Å². The SMILES string of the molecule is CCCCCCCCCOC(=O)CCCC(=O)Oc1ccc(CC(=O)OCCC2CCN(CCSSCCN3CCC(CCOC(=O)Cc4ccc(OC(=O)CCCCCCCC(=O)OC(CCCCCCCC)CCCCCCCC)cc4)CC3)CC2)cc1. The van der Waals surface area contributed by atoms with Crippen molar-refractivity contribution in [1.82, 2.24) is 9.80 Å². The van der Waals surface area contributed by atoms with Gasteiger partial charge in [-0.3, -0.25) is 28.8 Å². The van der Waals surface area contributed by atoms with Crippen LogP contribution in [-0.4, -0.2) is 122 Å². The number of carbonyl (C=O) groups is 6. The second kappa shape index (κ2) is 52.3.